The van der Waals surface area contributed by atoms with Crippen LogP contribution in [0.3, 0.4) is 0 Å². The van der Waals surface area contributed by atoms with Gasteiger partial charge in [-0.1, -0.05) is 0 Å². The molecule has 7 nitrogen and oxygen atoms in total. The highest BCUT2D eigenvalue weighted by molar-refractivity contribution is 7.91. The summed E-state index contributed by atoms with van der Waals surface area (Å²) in [5, 5.41) is 10.4. The first-order chi connectivity index (χ1) is 9.90. The van der Waals surface area contributed by atoms with Gasteiger partial charge in [-0.05, 0) is 30.4 Å². The Morgan fingerprint density at radius 1 is 1.62 bits per heavy atom. The summed E-state index contributed by atoms with van der Waals surface area (Å²) in [7, 11) is -3.66. The Bertz CT molecular complexity index is 597. The Hall–Kier alpha value is -1.00. The molecular formula is C12H17NO6S2. The minimum Gasteiger partial charge on any atom is -0.480 e. The molecule has 118 valence electrons. The number of nitrogens with one attached hydrogen (secondary N) is 1. The van der Waals surface area contributed by atoms with Crippen molar-refractivity contribution in [2.24, 2.45) is 0 Å². The lowest BCUT2D eigenvalue weighted by molar-refractivity contribution is -0.147. The largest absolute Gasteiger partial charge is 0.480 e. The third-order valence-corrected chi connectivity index (χ3v) is 6.26. The molecule has 0 amide bonds. The fourth-order valence-electron chi connectivity index (χ4n) is 2.09. The van der Waals surface area contributed by atoms with Gasteiger partial charge in [-0.2, -0.15) is 0 Å². The number of sulfonamides is 1. The van der Waals surface area contributed by atoms with E-state index in [0.29, 0.717) is 18.6 Å². The molecule has 2 rings (SSSR count). The first-order valence-corrected chi connectivity index (χ1v) is 8.74. The number of carboxylic acid groups (broad SMARTS) is 1. The van der Waals surface area contributed by atoms with Crippen LogP contribution < -0.4 is 4.72 Å². The molecule has 0 unspecified atom stereocenters. The van der Waals surface area contributed by atoms with Crippen LogP contribution in [0, 0.1) is 6.92 Å². The Morgan fingerprint density at radius 2 is 2.38 bits per heavy atom. The highest BCUT2D eigenvalue weighted by Crippen LogP contribution is 2.23. The van der Waals surface area contributed by atoms with E-state index in [9.17, 15) is 13.2 Å². The predicted molar refractivity (Wildman–Crippen MR) is 76.0 cm³/mol. The van der Waals surface area contributed by atoms with Crippen LogP contribution in [-0.2, 0) is 24.3 Å². The van der Waals surface area contributed by atoms with Crippen molar-refractivity contribution in [3.63, 3.8) is 0 Å². The van der Waals surface area contributed by atoms with Gasteiger partial charge in [0.2, 0.25) is 0 Å². The number of ether oxygens (including phenoxy) is 2. The molecule has 1 aromatic rings. The number of carbonyl (C=O) groups is 1. The van der Waals surface area contributed by atoms with E-state index in [1.165, 1.54) is 0 Å². The third kappa shape index (κ3) is 4.24. The topological polar surface area (TPSA) is 102 Å². The fourth-order valence-corrected chi connectivity index (χ4v) is 4.78. The van der Waals surface area contributed by atoms with Crippen LogP contribution in [0.5, 0.6) is 0 Å². The lowest BCUT2D eigenvalue weighted by Crippen LogP contribution is -2.50. The highest BCUT2D eigenvalue weighted by Gasteiger charge is 2.32. The van der Waals surface area contributed by atoms with Gasteiger partial charge in [-0.25, -0.2) is 17.9 Å². The van der Waals surface area contributed by atoms with Gasteiger partial charge in [0, 0.05) is 6.61 Å². The Labute approximate surface area is 126 Å². The van der Waals surface area contributed by atoms with Gasteiger partial charge in [-0.15, -0.1) is 11.3 Å². The molecule has 0 bridgehead atoms. The lowest BCUT2D eigenvalue weighted by Gasteiger charge is -2.31. The van der Waals surface area contributed by atoms with Gasteiger partial charge in [0.25, 0.3) is 10.0 Å². The number of aliphatic carboxylic acids is 1. The van der Waals surface area contributed by atoms with Crippen molar-refractivity contribution >= 4 is 27.3 Å². The first kappa shape index (κ1) is 16.4. The van der Waals surface area contributed by atoms with Crippen molar-refractivity contribution < 1.29 is 27.8 Å². The summed E-state index contributed by atoms with van der Waals surface area (Å²) in [6.45, 7) is 1.84. The smallest absolute Gasteiger partial charge is 0.329 e. The van der Waals surface area contributed by atoms with E-state index in [-0.39, 0.29) is 10.8 Å². The second kappa shape index (κ2) is 6.84. The zero-order chi connectivity index (χ0) is 15.5. The normalized spacial score (nSPS) is 23.1. The molecule has 0 saturated carbocycles. The van der Waals surface area contributed by atoms with Gasteiger partial charge in [0.05, 0.1) is 18.8 Å². The summed E-state index contributed by atoms with van der Waals surface area (Å²) in [6, 6.07) is 1.14. The van der Waals surface area contributed by atoms with Crippen molar-refractivity contribution in [3.05, 3.63) is 17.0 Å². The average Bonchev–Trinajstić information content (AvgIpc) is 2.84. The second-order valence-corrected chi connectivity index (χ2v) is 7.55. The van der Waals surface area contributed by atoms with Crippen molar-refractivity contribution in [2.75, 3.05) is 19.8 Å². The maximum Gasteiger partial charge on any atom is 0.329 e. The third-order valence-electron chi connectivity index (χ3n) is 3.08. The Kier molecular flexibility index (Phi) is 5.33. The van der Waals surface area contributed by atoms with Crippen molar-refractivity contribution in [1.82, 2.24) is 4.72 Å². The maximum atomic E-state index is 12.3. The summed E-state index contributed by atoms with van der Waals surface area (Å²) in [5.41, 5.74) is 0.673. The molecule has 2 heterocycles. The molecule has 2 atom stereocenters. The quantitative estimate of drug-likeness (QED) is 0.789. The zero-order valence-corrected chi connectivity index (χ0v) is 13.1. The zero-order valence-electron chi connectivity index (χ0n) is 11.4. The van der Waals surface area contributed by atoms with Gasteiger partial charge in [0.1, 0.15) is 10.8 Å². The summed E-state index contributed by atoms with van der Waals surface area (Å²) in [5.74, 6) is -1.09. The van der Waals surface area contributed by atoms with Crippen LogP contribution in [-0.4, -0.2) is 51.5 Å². The number of hydrogen-bond acceptors (Lipinski definition) is 6. The fraction of sp³-hybridized carbons (Fsp3) is 0.583. The van der Waals surface area contributed by atoms with Gasteiger partial charge < -0.3 is 14.6 Å². The predicted octanol–water partition coefficient (Wildman–Crippen LogP) is 0.594. The molecule has 1 aliphatic heterocycles. The minimum absolute atomic E-state index is 0.161. The number of carboxylic acids is 1. The molecule has 1 fully saturated rings. The highest BCUT2D eigenvalue weighted by atomic mass is 32.2. The van der Waals surface area contributed by atoms with E-state index < -0.39 is 34.7 Å². The second-order valence-electron chi connectivity index (χ2n) is 4.73. The molecule has 1 saturated heterocycles. The molecule has 0 spiro atoms. The molecule has 1 aromatic heterocycles. The molecular weight excluding hydrogens is 318 g/mol. The van der Waals surface area contributed by atoms with Crippen LogP contribution >= 0.6 is 11.3 Å². The van der Waals surface area contributed by atoms with E-state index in [0.717, 1.165) is 11.3 Å². The molecule has 2 N–H and O–H groups in total. The van der Waals surface area contributed by atoms with E-state index in [1.54, 1.807) is 18.4 Å². The average molecular weight is 335 g/mol. The maximum absolute atomic E-state index is 12.3. The number of thiophene rings is 1. The molecule has 0 radical (unpaired) electrons. The van der Waals surface area contributed by atoms with E-state index in [2.05, 4.69) is 4.72 Å². The SMILES string of the molecule is Cc1ccsc1S(=O)(=O)N[C@@H]1COCC[C@@H]1OCC(=O)O. The van der Waals surface area contributed by atoms with Crippen LogP contribution in [0.1, 0.15) is 12.0 Å². The standard InChI is InChI=1S/C12H17NO6S2/c1-8-3-5-20-12(8)21(16,17)13-9-6-18-4-2-10(9)19-7-11(14)15/h3,5,9-10,13H,2,4,6-7H2,1H3,(H,14,15)/t9-,10+/m1/s1. The van der Waals surface area contributed by atoms with Gasteiger partial charge >= 0.3 is 5.97 Å². The van der Waals surface area contributed by atoms with E-state index in [1.807, 2.05) is 0 Å². The van der Waals surface area contributed by atoms with Crippen molar-refractivity contribution in [2.45, 2.75) is 29.7 Å². The molecule has 0 aromatic carbocycles. The van der Waals surface area contributed by atoms with Crippen molar-refractivity contribution in [3.8, 4) is 0 Å². The van der Waals surface area contributed by atoms with Crippen LogP contribution in [0.15, 0.2) is 15.7 Å². The summed E-state index contributed by atoms with van der Waals surface area (Å²) < 4.78 is 38.0. The van der Waals surface area contributed by atoms with Crippen LogP contribution in [0.2, 0.25) is 0 Å². The number of aryl methyl sites for hydroxylation is 1. The van der Waals surface area contributed by atoms with Gasteiger partial charge in [0.15, 0.2) is 0 Å². The van der Waals surface area contributed by atoms with E-state index >= 15 is 0 Å². The summed E-state index contributed by atoms with van der Waals surface area (Å²) in [4.78, 5) is 10.6. The summed E-state index contributed by atoms with van der Waals surface area (Å²) in [6.07, 6.45) is -0.0611. The van der Waals surface area contributed by atoms with Crippen LogP contribution in [0.25, 0.3) is 0 Å². The lowest BCUT2D eigenvalue weighted by atomic mass is 10.1. The summed E-state index contributed by atoms with van der Waals surface area (Å²) >= 11 is 1.14. The molecule has 0 aliphatic carbocycles. The molecule has 1 aliphatic rings. The van der Waals surface area contributed by atoms with Crippen molar-refractivity contribution in [1.29, 1.82) is 0 Å². The first-order valence-electron chi connectivity index (χ1n) is 6.37. The van der Waals surface area contributed by atoms with E-state index in [4.69, 9.17) is 14.6 Å². The van der Waals surface area contributed by atoms with Gasteiger partial charge in [-0.3, -0.25) is 0 Å². The Balaban J connectivity index is 2.08. The Morgan fingerprint density at radius 3 is 3.00 bits per heavy atom. The minimum atomic E-state index is -3.66. The number of rotatable bonds is 6. The number of hydrogen-bond donors (Lipinski definition) is 2. The van der Waals surface area contributed by atoms with Crippen LogP contribution in [0.4, 0.5) is 0 Å². The monoisotopic (exact) mass is 335 g/mol. The molecule has 9 heteroatoms. The molecule has 21 heavy (non-hydrogen) atoms.